The number of ether oxygens (including phenoxy) is 1. The summed E-state index contributed by atoms with van der Waals surface area (Å²) in [6.45, 7) is 0.410. The van der Waals surface area contributed by atoms with Crippen LogP contribution < -0.4 is 4.74 Å². The third-order valence-corrected chi connectivity index (χ3v) is 3.74. The molecule has 3 rings (SSSR count). The Balaban J connectivity index is 1.61. The lowest BCUT2D eigenvalue weighted by atomic mass is 9.90. The van der Waals surface area contributed by atoms with Crippen molar-refractivity contribution in [3.8, 4) is 5.75 Å². The minimum atomic E-state index is -4.34. The molecule has 0 spiro atoms. The number of alkyl halides is 3. The van der Waals surface area contributed by atoms with Crippen molar-refractivity contribution in [3.63, 3.8) is 0 Å². The summed E-state index contributed by atoms with van der Waals surface area (Å²) in [6, 6.07) is 5.01. The maximum Gasteiger partial charge on any atom is 0.416 e. The van der Waals surface area contributed by atoms with Crippen LogP contribution in [0.4, 0.5) is 13.2 Å². The largest absolute Gasteiger partial charge is 0.493 e. The molecule has 0 radical (unpaired) electrons. The molecule has 1 N–H and O–H groups in total. The van der Waals surface area contributed by atoms with Gasteiger partial charge in [-0.1, -0.05) is 6.07 Å². The zero-order valence-electron chi connectivity index (χ0n) is 11.3. The first-order chi connectivity index (χ1) is 10.0. The molecule has 2 aromatic rings. The molecule has 0 fully saturated rings. The maximum absolute atomic E-state index is 12.6. The Morgan fingerprint density at radius 2 is 2.19 bits per heavy atom. The van der Waals surface area contributed by atoms with Crippen molar-refractivity contribution < 1.29 is 17.9 Å². The monoisotopic (exact) mass is 296 g/mol. The van der Waals surface area contributed by atoms with Crippen LogP contribution in [0.25, 0.3) is 0 Å². The molecule has 0 bridgehead atoms. The highest BCUT2D eigenvalue weighted by Crippen LogP contribution is 2.31. The van der Waals surface area contributed by atoms with E-state index in [1.165, 1.54) is 6.07 Å². The van der Waals surface area contributed by atoms with Gasteiger partial charge in [0.1, 0.15) is 5.75 Å². The minimum absolute atomic E-state index is 0.262. The van der Waals surface area contributed by atoms with Gasteiger partial charge in [0.2, 0.25) is 0 Å². The molecular formula is C15H15F3N2O. The number of halogens is 3. The predicted octanol–water partition coefficient (Wildman–Crippen LogP) is 3.61. The number of aryl methyl sites for hydroxylation is 1. The van der Waals surface area contributed by atoms with Crippen molar-refractivity contribution in [2.24, 2.45) is 5.92 Å². The molecule has 0 saturated carbocycles. The van der Waals surface area contributed by atoms with Crippen molar-refractivity contribution in [2.75, 3.05) is 6.61 Å². The Morgan fingerprint density at radius 3 is 3.00 bits per heavy atom. The lowest BCUT2D eigenvalue weighted by Gasteiger charge is -2.21. The lowest BCUT2D eigenvalue weighted by Crippen LogP contribution is -2.20. The summed E-state index contributed by atoms with van der Waals surface area (Å²) < 4.78 is 43.4. The van der Waals surface area contributed by atoms with Gasteiger partial charge in [0.05, 0.1) is 24.2 Å². The fraction of sp³-hybridized carbons (Fsp3) is 0.400. The molecule has 0 aliphatic heterocycles. The normalized spacial score (nSPS) is 18.3. The Hall–Kier alpha value is -1.98. The van der Waals surface area contributed by atoms with Crippen LogP contribution in [0.1, 0.15) is 23.4 Å². The fourth-order valence-electron chi connectivity index (χ4n) is 2.58. The van der Waals surface area contributed by atoms with E-state index in [4.69, 9.17) is 4.74 Å². The van der Waals surface area contributed by atoms with Crippen LogP contribution in [-0.2, 0) is 19.0 Å². The van der Waals surface area contributed by atoms with Gasteiger partial charge in [-0.25, -0.2) is 4.98 Å². The molecule has 1 atom stereocenters. The molecule has 3 nitrogen and oxygen atoms in total. The number of imidazole rings is 1. The van der Waals surface area contributed by atoms with E-state index in [1.54, 1.807) is 12.4 Å². The Labute approximate surface area is 120 Å². The predicted molar refractivity (Wildman–Crippen MR) is 71.0 cm³/mol. The van der Waals surface area contributed by atoms with E-state index in [-0.39, 0.29) is 11.7 Å². The summed E-state index contributed by atoms with van der Waals surface area (Å²) in [7, 11) is 0. The number of H-pyrrole nitrogens is 1. The third-order valence-electron chi connectivity index (χ3n) is 3.74. The van der Waals surface area contributed by atoms with Crippen LogP contribution in [0.5, 0.6) is 5.75 Å². The van der Waals surface area contributed by atoms with Gasteiger partial charge in [0, 0.05) is 5.69 Å². The highest BCUT2D eigenvalue weighted by molar-refractivity contribution is 5.30. The van der Waals surface area contributed by atoms with Crippen molar-refractivity contribution in [2.45, 2.75) is 25.4 Å². The first kappa shape index (κ1) is 14.0. The molecule has 6 heteroatoms. The van der Waals surface area contributed by atoms with Crippen molar-refractivity contribution in [1.29, 1.82) is 0 Å². The smallest absolute Gasteiger partial charge is 0.416 e. The van der Waals surface area contributed by atoms with Crippen LogP contribution in [-0.4, -0.2) is 16.6 Å². The molecule has 1 aromatic heterocycles. The van der Waals surface area contributed by atoms with Crippen molar-refractivity contribution >= 4 is 0 Å². The average molecular weight is 296 g/mol. The highest BCUT2D eigenvalue weighted by atomic mass is 19.4. The molecular weight excluding hydrogens is 281 g/mol. The van der Waals surface area contributed by atoms with Crippen LogP contribution in [0.15, 0.2) is 30.6 Å². The summed E-state index contributed by atoms with van der Waals surface area (Å²) in [6.07, 6.45) is 0.00671. The number of rotatable bonds is 3. The van der Waals surface area contributed by atoms with Crippen LogP contribution in [0.3, 0.4) is 0 Å². The van der Waals surface area contributed by atoms with Gasteiger partial charge in [-0.3, -0.25) is 0 Å². The summed E-state index contributed by atoms with van der Waals surface area (Å²) in [5.74, 6) is 0.549. The van der Waals surface area contributed by atoms with E-state index in [0.717, 1.165) is 42.8 Å². The third kappa shape index (κ3) is 3.20. The van der Waals surface area contributed by atoms with Crippen LogP contribution in [0, 0.1) is 5.92 Å². The lowest BCUT2D eigenvalue weighted by molar-refractivity contribution is -0.137. The van der Waals surface area contributed by atoms with E-state index in [9.17, 15) is 13.2 Å². The Kier molecular flexibility index (Phi) is 3.61. The Bertz CT molecular complexity index is 621. The van der Waals surface area contributed by atoms with Gasteiger partial charge < -0.3 is 9.72 Å². The number of fused-ring (bicyclic) bond motifs is 1. The number of hydrogen-bond acceptors (Lipinski definition) is 2. The van der Waals surface area contributed by atoms with E-state index in [2.05, 4.69) is 9.97 Å². The number of nitrogens with zero attached hydrogens (tertiary/aromatic N) is 1. The van der Waals surface area contributed by atoms with Crippen LogP contribution >= 0.6 is 0 Å². The van der Waals surface area contributed by atoms with Gasteiger partial charge in [0.25, 0.3) is 0 Å². The molecule has 0 saturated heterocycles. The van der Waals surface area contributed by atoms with Crippen molar-refractivity contribution in [1.82, 2.24) is 9.97 Å². The highest BCUT2D eigenvalue weighted by Gasteiger charge is 2.30. The second-order valence-electron chi connectivity index (χ2n) is 5.27. The Morgan fingerprint density at radius 1 is 1.33 bits per heavy atom. The minimum Gasteiger partial charge on any atom is -0.493 e. The summed E-state index contributed by atoms with van der Waals surface area (Å²) in [4.78, 5) is 7.35. The van der Waals surface area contributed by atoms with E-state index >= 15 is 0 Å². The van der Waals surface area contributed by atoms with Gasteiger partial charge >= 0.3 is 6.18 Å². The molecule has 1 unspecified atom stereocenters. The van der Waals surface area contributed by atoms with Gasteiger partial charge in [0.15, 0.2) is 0 Å². The molecule has 112 valence electrons. The SMILES string of the molecule is FC(F)(F)c1cccc(OCC2CCc3[nH]cnc3C2)c1. The first-order valence-corrected chi connectivity index (χ1v) is 6.83. The topological polar surface area (TPSA) is 37.9 Å². The number of aromatic nitrogens is 2. The van der Waals surface area contributed by atoms with Crippen molar-refractivity contribution in [3.05, 3.63) is 47.5 Å². The average Bonchev–Trinajstić information content (AvgIpc) is 2.92. The fourth-order valence-corrected chi connectivity index (χ4v) is 2.58. The molecule has 1 aliphatic rings. The zero-order chi connectivity index (χ0) is 14.9. The van der Waals surface area contributed by atoms with Gasteiger partial charge in [-0.05, 0) is 43.4 Å². The maximum atomic E-state index is 12.6. The first-order valence-electron chi connectivity index (χ1n) is 6.83. The zero-order valence-corrected chi connectivity index (χ0v) is 11.3. The number of nitrogens with one attached hydrogen (secondary N) is 1. The van der Waals surface area contributed by atoms with Gasteiger partial charge in [-0.15, -0.1) is 0 Å². The summed E-state index contributed by atoms with van der Waals surface area (Å²) in [5.41, 5.74) is 1.52. The standard InChI is InChI=1S/C15H15F3N2O/c16-15(17,18)11-2-1-3-12(7-11)21-8-10-4-5-13-14(6-10)20-9-19-13/h1-3,7,9-10H,4-6,8H2,(H,19,20). The summed E-state index contributed by atoms with van der Waals surface area (Å²) in [5, 5.41) is 0. The quantitative estimate of drug-likeness (QED) is 0.939. The molecule has 1 aliphatic carbocycles. The van der Waals surface area contributed by atoms with E-state index in [1.807, 2.05) is 0 Å². The van der Waals surface area contributed by atoms with E-state index in [0.29, 0.717) is 6.61 Å². The molecule has 0 amide bonds. The molecule has 1 aromatic carbocycles. The molecule has 21 heavy (non-hydrogen) atoms. The second kappa shape index (κ2) is 5.42. The van der Waals surface area contributed by atoms with Crippen LogP contribution in [0.2, 0.25) is 0 Å². The second-order valence-corrected chi connectivity index (χ2v) is 5.27. The van der Waals surface area contributed by atoms with E-state index < -0.39 is 11.7 Å². The van der Waals surface area contributed by atoms with Gasteiger partial charge in [-0.2, -0.15) is 13.2 Å². The number of hydrogen-bond donors (Lipinski definition) is 1. The number of aromatic amines is 1. The number of benzene rings is 1. The summed E-state index contributed by atoms with van der Waals surface area (Å²) >= 11 is 0. The molecule has 1 heterocycles.